The average molecular weight is 448 g/mol. The molecule has 0 bridgehead atoms. The van der Waals surface area contributed by atoms with Crippen molar-refractivity contribution in [1.29, 1.82) is 0 Å². The number of carbonyl (C=O) groups is 3. The lowest BCUT2D eigenvalue weighted by molar-refractivity contribution is -0.126. The first-order chi connectivity index (χ1) is 14.5. The van der Waals surface area contributed by atoms with E-state index in [1.807, 2.05) is 5.38 Å². The molecule has 1 aliphatic carbocycles. The number of amides is 3. The second-order valence-corrected chi connectivity index (χ2v) is 8.90. The third-order valence-corrected chi connectivity index (χ3v) is 6.30. The Morgan fingerprint density at radius 1 is 1.10 bits per heavy atom. The molecular weight excluding hydrogens is 422 g/mol. The number of anilines is 1. The van der Waals surface area contributed by atoms with Crippen LogP contribution in [0.1, 0.15) is 48.2 Å². The Labute approximate surface area is 185 Å². The molecule has 2 aromatic rings. The van der Waals surface area contributed by atoms with Gasteiger partial charge in [-0.1, -0.05) is 55.8 Å². The smallest absolute Gasteiger partial charge is 0.261 e. The zero-order chi connectivity index (χ0) is 21.3. The fourth-order valence-corrected chi connectivity index (χ4v) is 4.50. The molecule has 3 rings (SSSR count). The highest BCUT2D eigenvalue weighted by atomic mass is 35.5. The molecule has 1 aliphatic rings. The van der Waals surface area contributed by atoms with E-state index in [0.29, 0.717) is 27.9 Å². The Morgan fingerprint density at radius 2 is 1.90 bits per heavy atom. The van der Waals surface area contributed by atoms with Crippen molar-refractivity contribution in [3.63, 3.8) is 0 Å². The minimum absolute atomic E-state index is 0.179. The molecule has 0 unspecified atom stereocenters. The quantitative estimate of drug-likeness (QED) is 0.566. The third kappa shape index (κ3) is 6.85. The molecule has 1 fully saturated rings. The first-order valence-corrected chi connectivity index (χ1v) is 11.4. The van der Waals surface area contributed by atoms with E-state index in [9.17, 15) is 14.4 Å². The lowest BCUT2D eigenvalue weighted by Gasteiger charge is -2.26. The van der Waals surface area contributed by atoms with E-state index >= 15 is 0 Å². The zero-order valence-electron chi connectivity index (χ0n) is 16.7. The van der Waals surface area contributed by atoms with Crippen LogP contribution in [0.25, 0.3) is 0 Å². The van der Waals surface area contributed by atoms with Gasteiger partial charge in [0.15, 0.2) is 0 Å². The predicted octanol–water partition coefficient (Wildman–Crippen LogP) is 4.23. The second kappa shape index (κ2) is 11.1. The molecule has 1 aromatic heterocycles. The van der Waals surface area contributed by atoms with Crippen LogP contribution in [0.15, 0.2) is 41.8 Å². The highest BCUT2D eigenvalue weighted by molar-refractivity contribution is 7.12. The lowest BCUT2D eigenvalue weighted by Crippen LogP contribution is -2.49. The zero-order valence-corrected chi connectivity index (χ0v) is 18.2. The van der Waals surface area contributed by atoms with Gasteiger partial charge in [-0.25, -0.2) is 0 Å². The minimum atomic E-state index is -0.665. The lowest BCUT2D eigenvalue weighted by atomic mass is 9.84. The average Bonchev–Trinajstić information content (AvgIpc) is 3.27. The number of thiophene rings is 1. The molecule has 1 atom stereocenters. The van der Waals surface area contributed by atoms with Gasteiger partial charge < -0.3 is 16.0 Å². The van der Waals surface area contributed by atoms with Crippen molar-refractivity contribution in [1.82, 2.24) is 10.6 Å². The molecule has 1 saturated carbocycles. The molecule has 0 radical (unpaired) electrons. The van der Waals surface area contributed by atoms with E-state index in [0.717, 1.165) is 25.7 Å². The molecule has 0 aliphatic heterocycles. The number of carbonyl (C=O) groups excluding carboxylic acids is 3. The number of nitrogens with one attached hydrogen (secondary N) is 3. The van der Waals surface area contributed by atoms with Crippen LogP contribution in [-0.4, -0.2) is 30.3 Å². The number of benzene rings is 1. The Kier molecular flexibility index (Phi) is 8.28. The summed E-state index contributed by atoms with van der Waals surface area (Å²) < 4.78 is 0. The summed E-state index contributed by atoms with van der Waals surface area (Å²) in [6.45, 7) is -0.179. The highest BCUT2D eigenvalue weighted by Crippen LogP contribution is 2.27. The normalized spacial score (nSPS) is 15.2. The number of rotatable bonds is 8. The van der Waals surface area contributed by atoms with Crippen molar-refractivity contribution in [3.8, 4) is 0 Å². The van der Waals surface area contributed by atoms with Gasteiger partial charge in [0.05, 0.1) is 11.4 Å². The van der Waals surface area contributed by atoms with Gasteiger partial charge >= 0.3 is 0 Å². The topological polar surface area (TPSA) is 87.3 Å². The van der Waals surface area contributed by atoms with Gasteiger partial charge in [0.1, 0.15) is 6.04 Å². The molecule has 30 heavy (non-hydrogen) atoms. The van der Waals surface area contributed by atoms with E-state index in [2.05, 4.69) is 16.0 Å². The number of hydrogen-bond acceptors (Lipinski definition) is 4. The minimum Gasteiger partial charge on any atom is -0.345 e. The molecule has 3 N–H and O–H groups in total. The van der Waals surface area contributed by atoms with Crippen LogP contribution < -0.4 is 16.0 Å². The molecule has 0 spiro atoms. The second-order valence-electron chi connectivity index (χ2n) is 7.52. The van der Waals surface area contributed by atoms with Gasteiger partial charge in [-0.2, -0.15) is 0 Å². The summed E-state index contributed by atoms with van der Waals surface area (Å²) in [5.41, 5.74) is 0.562. The van der Waals surface area contributed by atoms with Gasteiger partial charge in [-0.3, -0.25) is 14.4 Å². The molecule has 6 nitrogen and oxygen atoms in total. The van der Waals surface area contributed by atoms with Gasteiger partial charge in [-0.05, 0) is 42.0 Å². The van der Waals surface area contributed by atoms with Crippen LogP contribution in [0.2, 0.25) is 5.02 Å². The van der Waals surface area contributed by atoms with Crippen molar-refractivity contribution in [3.05, 3.63) is 51.7 Å². The van der Waals surface area contributed by atoms with Crippen LogP contribution in [0.4, 0.5) is 5.69 Å². The highest BCUT2D eigenvalue weighted by Gasteiger charge is 2.26. The van der Waals surface area contributed by atoms with E-state index in [1.54, 1.807) is 36.4 Å². The summed E-state index contributed by atoms with van der Waals surface area (Å²) in [7, 11) is 0. The first kappa shape index (κ1) is 22.3. The molecule has 0 saturated heterocycles. The van der Waals surface area contributed by atoms with E-state index in [4.69, 9.17) is 11.6 Å². The molecule has 8 heteroatoms. The third-order valence-electron chi connectivity index (χ3n) is 5.19. The molecular formula is C22H26ClN3O3S. The maximum absolute atomic E-state index is 12.8. The molecule has 1 aromatic carbocycles. The van der Waals surface area contributed by atoms with Crippen LogP contribution in [0, 0.1) is 5.92 Å². The van der Waals surface area contributed by atoms with Gasteiger partial charge in [0, 0.05) is 10.7 Å². The summed E-state index contributed by atoms with van der Waals surface area (Å²) in [6.07, 6.45) is 6.24. The van der Waals surface area contributed by atoms with Gasteiger partial charge in [0.25, 0.3) is 5.91 Å². The largest absolute Gasteiger partial charge is 0.345 e. The van der Waals surface area contributed by atoms with Crippen molar-refractivity contribution < 1.29 is 14.4 Å². The van der Waals surface area contributed by atoms with Crippen LogP contribution in [0.3, 0.4) is 0 Å². The maximum Gasteiger partial charge on any atom is 0.261 e. The summed E-state index contributed by atoms with van der Waals surface area (Å²) >= 11 is 7.25. The Bertz CT molecular complexity index is 866. The Balaban J connectivity index is 1.57. The number of halogens is 1. The van der Waals surface area contributed by atoms with Crippen molar-refractivity contribution in [2.24, 2.45) is 5.92 Å². The summed E-state index contributed by atoms with van der Waals surface area (Å²) in [4.78, 5) is 38.1. The van der Waals surface area contributed by atoms with Crippen molar-refractivity contribution in [2.45, 2.75) is 44.6 Å². The van der Waals surface area contributed by atoms with Gasteiger partial charge in [-0.15, -0.1) is 11.3 Å². The monoisotopic (exact) mass is 447 g/mol. The molecule has 1 heterocycles. The van der Waals surface area contributed by atoms with E-state index in [-0.39, 0.29) is 24.3 Å². The van der Waals surface area contributed by atoms with Crippen LogP contribution >= 0.6 is 22.9 Å². The molecule has 3 amide bonds. The fraction of sp³-hybridized carbons (Fsp3) is 0.409. The van der Waals surface area contributed by atoms with Crippen LogP contribution in [-0.2, 0) is 9.59 Å². The van der Waals surface area contributed by atoms with E-state index in [1.165, 1.54) is 17.8 Å². The van der Waals surface area contributed by atoms with Crippen molar-refractivity contribution >= 4 is 46.3 Å². The maximum atomic E-state index is 12.8. The predicted molar refractivity (Wildman–Crippen MR) is 120 cm³/mol. The summed E-state index contributed by atoms with van der Waals surface area (Å²) in [5, 5.41) is 10.6. The fourth-order valence-electron chi connectivity index (χ4n) is 3.69. The van der Waals surface area contributed by atoms with E-state index < -0.39 is 6.04 Å². The SMILES string of the molecule is O=C(CNC(=O)[C@H](CC1CCCCC1)NC(=O)c1cccs1)Nc1cccc(Cl)c1. The molecule has 160 valence electrons. The summed E-state index contributed by atoms with van der Waals surface area (Å²) in [5.74, 6) is -0.555. The first-order valence-electron chi connectivity index (χ1n) is 10.2. The Morgan fingerprint density at radius 3 is 2.60 bits per heavy atom. The van der Waals surface area contributed by atoms with Crippen LogP contribution in [0.5, 0.6) is 0 Å². The standard InChI is InChI=1S/C22H26ClN3O3S/c23-16-8-4-9-17(13-16)25-20(27)14-24-21(28)18(12-15-6-2-1-3-7-15)26-22(29)19-10-5-11-30-19/h4-5,8-11,13,15,18H,1-3,6-7,12,14H2,(H,24,28)(H,25,27)(H,26,29)/t18-/m0/s1. The van der Waals surface area contributed by atoms with Crippen molar-refractivity contribution in [2.75, 3.05) is 11.9 Å². The van der Waals surface area contributed by atoms with Gasteiger partial charge in [0.2, 0.25) is 11.8 Å². The number of hydrogen-bond donors (Lipinski definition) is 3. The summed E-state index contributed by atoms with van der Waals surface area (Å²) in [6, 6.07) is 9.67. The Hall–Kier alpha value is -2.38.